The molecule has 2 rings (SSSR count). The van der Waals surface area contributed by atoms with E-state index in [-0.39, 0.29) is 40.2 Å². The number of pyridine rings is 1. The molecule has 0 saturated carbocycles. The van der Waals surface area contributed by atoms with Gasteiger partial charge in [-0.25, -0.2) is 9.59 Å². The highest BCUT2D eigenvalue weighted by Crippen LogP contribution is 2.27. The summed E-state index contributed by atoms with van der Waals surface area (Å²) in [6.07, 6.45) is 0. The molecule has 1 aromatic heterocycles. The minimum Gasteiger partial charge on any atom is -0.493 e. The maximum atomic E-state index is 12.5. The molecule has 1 heterocycles. The smallest absolute Gasteiger partial charge is 0.335 e. The number of aliphatic hydroxyl groups excluding tert-OH is 1. The molecule has 28 heavy (non-hydrogen) atoms. The third-order valence-electron chi connectivity index (χ3n) is 3.77. The van der Waals surface area contributed by atoms with Gasteiger partial charge in [-0.2, -0.15) is 10.4 Å². The second-order valence-corrected chi connectivity index (χ2v) is 5.54. The number of azo groups is 1. The summed E-state index contributed by atoms with van der Waals surface area (Å²) >= 11 is 0. The van der Waals surface area contributed by atoms with Crippen LogP contribution in [0.1, 0.15) is 31.8 Å². The third-order valence-corrected chi connectivity index (χ3v) is 3.77. The number of aromatic nitrogens is 1. The fourth-order valence-electron chi connectivity index (χ4n) is 2.39. The van der Waals surface area contributed by atoms with Crippen molar-refractivity contribution in [3.63, 3.8) is 0 Å². The quantitative estimate of drug-likeness (QED) is 0.538. The molecule has 11 nitrogen and oxygen atoms in total. The molecule has 0 aliphatic heterocycles. The fraction of sp³-hybridized carbons (Fsp3) is 0.176. The number of hydrogen-bond acceptors (Lipinski definition) is 8. The van der Waals surface area contributed by atoms with Crippen molar-refractivity contribution in [1.29, 1.82) is 5.26 Å². The zero-order chi connectivity index (χ0) is 21.0. The van der Waals surface area contributed by atoms with E-state index in [4.69, 9.17) is 15.3 Å². The number of hydrogen-bond donors (Lipinski definition) is 4. The number of carboxylic acid groups (broad SMARTS) is 2. The first kappa shape index (κ1) is 20.3. The molecule has 0 spiro atoms. The number of benzene rings is 1. The molecule has 0 saturated heterocycles. The standard InChI is InChI=1S/C17H14N4O7/c1-8-12(7-18)14(23)21(2-3-22)15(24)13(8)20-19-11-5-9(16(25)26)4-10(6-11)17(27)28/h4-6,22-23H,2-3H2,1H3,(H,25,26)(H,27,28). The number of nitrogens with zero attached hydrogens (tertiary/aromatic N) is 4. The SMILES string of the molecule is Cc1c(C#N)c(O)n(CCO)c(=O)c1N=Nc1cc(C(=O)O)cc(C(=O)O)c1. The summed E-state index contributed by atoms with van der Waals surface area (Å²) < 4.78 is 0.746. The average Bonchev–Trinajstić information content (AvgIpc) is 2.65. The number of aliphatic hydroxyl groups is 1. The normalized spacial score (nSPS) is 10.8. The molecule has 0 atom stereocenters. The number of carboxylic acids is 2. The first-order chi connectivity index (χ1) is 13.2. The van der Waals surface area contributed by atoms with E-state index in [2.05, 4.69) is 10.2 Å². The van der Waals surface area contributed by atoms with E-state index < -0.39 is 30.0 Å². The Labute approximate surface area is 157 Å². The van der Waals surface area contributed by atoms with E-state index in [1.807, 2.05) is 0 Å². The summed E-state index contributed by atoms with van der Waals surface area (Å²) in [7, 11) is 0. The monoisotopic (exact) mass is 386 g/mol. The Kier molecular flexibility index (Phi) is 5.87. The van der Waals surface area contributed by atoms with Gasteiger partial charge in [-0.3, -0.25) is 9.36 Å². The topological polar surface area (TPSA) is 186 Å². The highest BCUT2D eigenvalue weighted by Gasteiger charge is 2.19. The summed E-state index contributed by atoms with van der Waals surface area (Å²) in [5, 5.41) is 53.9. The molecular formula is C17H14N4O7. The summed E-state index contributed by atoms with van der Waals surface area (Å²) in [6, 6.07) is 4.79. The minimum atomic E-state index is -1.38. The van der Waals surface area contributed by atoms with Crippen molar-refractivity contribution in [1.82, 2.24) is 4.57 Å². The van der Waals surface area contributed by atoms with E-state index in [1.165, 1.54) is 6.92 Å². The van der Waals surface area contributed by atoms with Gasteiger partial charge in [0.2, 0.25) is 5.88 Å². The van der Waals surface area contributed by atoms with Crippen molar-refractivity contribution in [2.75, 3.05) is 6.61 Å². The van der Waals surface area contributed by atoms with Crippen molar-refractivity contribution >= 4 is 23.3 Å². The molecule has 0 bridgehead atoms. The highest BCUT2D eigenvalue weighted by molar-refractivity contribution is 5.95. The summed E-state index contributed by atoms with van der Waals surface area (Å²) in [6.45, 7) is 0.577. The molecule has 2 aromatic rings. The molecule has 144 valence electrons. The van der Waals surface area contributed by atoms with Crippen molar-refractivity contribution in [2.24, 2.45) is 10.2 Å². The third kappa shape index (κ3) is 3.87. The Balaban J connectivity index is 2.66. The molecule has 0 amide bonds. The van der Waals surface area contributed by atoms with Gasteiger partial charge in [0, 0.05) is 5.56 Å². The van der Waals surface area contributed by atoms with Gasteiger partial charge in [0.15, 0.2) is 5.69 Å². The predicted octanol–water partition coefficient (Wildman–Crippen LogP) is 1.54. The second-order valence-electron chi connectivity index (χ2n) is 5.54. The Morgan fingerprint density at radius 1 is 1.14 bits per heavy atom. The Morgan fingerprint density at radius 2 is 1.71 bits per heavy atom. The van der Waals surface area contributed by atoms with E-state index in [1.54, 1.807) is 6.07 Å². The van der Waals surface area contributed by atoms with Crippen LogP contribution >= 0.6 is 0 Å². The zero-order valence-corrected chi connectivity index (χ0v) is 14.4. The maximum Gasteiger partial charge on any atom is 0.335 e. The van der Waals surface area contributed by atoms with Crippen LogP contribution in [0.5, 0.6) is 5.88 Å². The lowest BCUT2D eigenvalue weighted by atomic mass is 10.1. The van der Waals surface area contributed by atoms with Crippen molar-refractivity contribution < 1.29 is 30.0 Å². The molecule has 1 aromatic carbocycles. The molecule has 4 N–H and O–H groups in total. The number of nitriles is 1. The second kappa shape index (κ2) is 8.11. The van der Waals surface area contributed by atoms with E-state index >= 15 is 0 Å². The number of carbonyl (C=O) groups is 2. The van der Waals surface area contributed by atoms with Crippen LogP contribution in [0.25, 0.3) is 0 Å². The van der Waals surface area contributed by atoms with Crippen molar-refractivity contribution in [3.8, 4) is 11.9 Å². The van der Waals surface area contributed by atoms with Crippen LogP contribution in [0, 0.1) is 18.3 Å². The lowest BCUT2D eigenvalue weighted by Gasteiger charge is -2.11. The molecular weight excluding hydrogens is 372 g/mol. The van der Waals surface area contributed by atoms with Crippen LogP contribution in [0.15, 0.2) is 33.2 Å². The van der Waals surface area contributed by atoms with Gasteiger partial charge in [0.25, 0.3) is 5.56 Å². The first-order valence-corrected chi connectivity index (χ1v) is 7.72. The van der Waals surface area contributed by atoms with Crippen LogP contribution in [-0.4, -0.2) is 43.5 Å². The molecule has 0 unspecified atom stereocenters. The zero-order valence-electron chi connectivity index (χ0n) is 14.4. The largest absolute Gasteiger partial charge is 0.493 e. The molecule has 0 fully saturated rings. The van der Waals surface area contributed by atoms with Crippen LogP contribution in [0.2, 0.25) is 0 Å². The minimum absolute atomic E-state index is 0.0239. The molecule has 0 aliphatic rings. The van der Waals surface area contributed by atoms with E-state index in [0.29, 0.717) is 0 Å². The van der Waals surface area contributed by atoms with E-state index in [0.717, 1.165) is 22.8 Å². The van der Waals surface area contributed by atoms with Crippen LogP contribution in [0.3, 0.4) is 0 Å². The number of aromatic carboxylic acids is 2. The van der Waals surface area contributed by atoms with E-state index in [9.17, 15) is 24.8 Å². The number of aromatic hydroxyl groups is 1. The first-order valence-electron chi connectivity index (χ1n) is 7.72. The van der Waals surface area contributed by atoms with Gasteiger partial charge >= 0.3 is 11.9 Å². The fourth-order valence-corrected chi connectivity index (χ4v) is 2.39. The van der Waals surface area contributed by atoms with Crippen LogP contribution in [0.4, 0.5) is 11.4 Å². The highest BCUT2D eigenvalue weighted by atomic mass is 16.4. The predicted molar refractivity (Wildman–Crippen MR) is 93.4 cm³/mol. The Bertz CT molecular complexity index is 1060. The summed E-state index contributed by atoms with van der Waals surface area (Å²) in [4.78, 5) is 34.8. The van der Waals surface area contributed by atoms with Crippen molar-refractivity contribution in [2.45, 2.75) is 13.5 Å². The molecule has 0 radical (unpaired) electrons. The number of rotatable bonds is 6. The van der Waals surface area contributed by atoms with Gasteiger partial charge < -0.3 is 20.4 Å². The van der Waals surface area contributed by atoms with Gasteiger partial charge in [-0.1, -0.05) is 0 Å². The van der Waals surface area contributed by atoms with Gasteiger partial charge in [0.1, 0.15) is 11.6 Å². The maximum absolute atomic E-state index is 12.5. The molecule has 11 heteroatoms. The lowest BCUT2D eigenvalue weighted by Crippen LogP contribution is -2.23. The van der Waals surface area contributed by atoms with Gasteiger partial charge in [-0.05, 0) is 25.1 Å². The summed E-state index contributed by atoms with van der Waals surface area (Å²) in [5.74, 6) is -3.38. The van der Waals surface area contributed by atoms with Crippen molar-refractivity contribution in [3.05, 3.63) is 50.8 Å². The lowest BCUT2D eigenvalue weighted by molar-refractivity contribution is 0.0696. The summed E-state index contributed by atoms with van der Waals surface area (Å²) in [5.41, 5.74) is -2.20. The van der Waals surface area contributed by atoms with Gasteiger partial charge in [-0.15, -0.1) is 5.11 Å². The molecule has 0 aliphatic carbocycles. The Morgan fingerprint density at radius 3 is 2.18 bits per heavy atom. The van der Waals surface area contributed by atoms with Gasteiger partial charge in [0.05, 0.1) is 30.0 Å². The van der Waals surface area contributed by atoms with Crippen LogP contribution in [-0.2, 0) is 6.54 Å². The average molecular weight is 386 g/mol. The Hall–Kier alpha value is -4.04. The van der Waals surface area contributed by atoms with Crippen LogP contribution < -0.4 is 5.56 Å².